The number of carbonyl (C=O) groups excluding carboxylic acids is 1. The Morgan fingerprint density at radius 2 is 2.42 bits per heavy atom. The maximum Gasteiger partial charge on any atom is 0.305 e. The van der Waals surface area contributed by atoms with E-state index in [4.69, 9.17) is 0 Å². The van der Waals surface area contributed by atoms with Gasteiger partial charge in [-0.05, 0) is 12.8 Å². The monoisotopic (exact) mass is 172 g/mol. The fourth-order valence-electron chi connectivity index (χ4n) is 1.19. The molecule has 2 unspecified atom stereocenters. The van der Waals surface area contributed by atoms with Gasteiger partial charge in [0.05, 0.1) is 13.3 Å². The third kappa shape index (κ3) is 2.79. The summed E-state index contributed by atoms with van der Waals surface area (Å²) in [5, 5.41) is 2.14. The number of hydrazine groups is 1. The second-order valence-electron chi connectivity index (χ2n) is 2.93. The first-order valence-corrected chi connectivity index (χ1v) is 4.37. The molecule has 70 valence electrons. The van der Waals surface area contributed by atoms with E-state index in [1.165, 1.54) is 7.11 Å². The summed E-state index contributed by atoms with van der Waals surface area (Å²) in [7, 11) is 1.42. The lowest BCUT2D eigenvalue weighted by Gasteiger charge is -1.99. The second-order valence-corrected chi connectivity index (χ2v) is 2.93. The number of nitrogens with zero attached hydrogens (tertiary/aromatic N) is 1. The topological polar surface area (TPSA) is 51.2 Å². The molecule has 1 aliphatic rings. The van der Waals surface area contributed by atoms with E-state index in [1.807, 2.05) is 0 Å². The van der Waals surface area contributed by atoms with Crippen LogP contribution in [0.3, 0.4) is 0 Å². The lowest BCUT2D eigenvalue weighted by atomic mass is 10.3. The summed E-state index contributed by atoms with van der Waals surface area (Å²) in [4.78, 5) is 10.7. The third-order valence-electron chi connectivity index (χ3n) is 2.02. The van der Waals surface area contributed by atoms with Crippen molar-refractivity contribution >= 4 is 5.97 Å². The van der Waals surface area contributed by atoms with Gasteiger partial charge in [0, 0.05) is 13.0 Å². The summed E-state index contributed by atoms with van der Waals surface area (Å²) in [5.41, 5.74) is 3.19. The average molecular weight is 172 g/mol. The Balaban J connectivity index is 1.94. The molecular weight excluding hydrogens is 156 g/mol. The van der Waals surface area contributed by atoms with Gasteiger partial charge in [0.25, 0.3) is 0 Å². The van der Waals surface area contributed by atoms with Gasteiger partial charge in [0.2, 0.25) is 0 Å². The number of carbonyl (C=O) groups is 1. The fourth-order valence-corrected chi connectivity index (χ4v) is 1.19. The van der Waals surface area contributed by atoms with Crippen LogP contribution >= 0.6 is 0 Å². The summed E-state index contributed by atoms with van der Waals surface area (Å²) in [5.74, 6) is -0.120. The smallest absolute Gasteiger partial charge is 0.305 e. The highest BCUT2D eigenvalue weighted by Gasteiger charge is 2.30. The molecule has 0 aliphatic carbocycles. The minimum atomic E-state index is -0.120. The van der Waals surface area contributed by atoms with E-state index in [-0.39, 0.29) is 5.97 Å². The van der Waals surface area contributed by atoms with Crippen LogP contribution in [-0.2, 0) is 9.53 Å². The zero-order chi connectivity index (χ0) is 8.97. The Hall–Kier alpha value is -0.610. The summed E-state index contributed by atoms with van der Waals surface area (Å²) >= 11 is 0. The van der Waals surface area contributed by atoms with Crippen LogP contribution in [0.1, 0.15) is 26.2 Å². The average Bonchev–Trinajstić information content (AvgIpc) is 2.83. The van der Waals surface area contributed by atoms with Gasteiger partial charge in [-0.15, -0.1) is 0 Å². The molecule has 1 aliphatic heterocycles. The van der Waals surface area contributed by atoms with Crippen LogP contribution in [0.15, 0.2) is 0 Å². The normalized spacial score (nSPS) is 26.8. The van der Waals surface area contributed by atoms with E-state index in [9.17, 15) is 4.79 Å². The van der Waals surface area contributed by atoms with E-state index >= 15 is 0 Å². The first kappa shape index (κ1) is 9.48. The molecular formula is C8H16N2O2. The molecule has 1 heterocycles. The van der Waals surface area contributed by atoms with Crippen molar-refractivity contribution in [3.63, 3.8) is 0 Å². The largest absolute Gasteiger partial charge is 0.469 e. The second kappa shape index (κ2) is 4.42. The molecule has 1 fully saturated rings. The van der Waals surface area contributed by atoms with Crippen molar-refractivity contribution in [2.24, 2.45) is 0 Å². The van der Waals surface area contributed by atoms with E-state index in [2.05, 4.69) is 22.1 Å². The first-order valence-electron chi connectivity index (χ1n) is 4.37. The van der Waals surface area contributed by atoms with Crippen LogP contribution < -0.4 is 5.43 Å². The molecule has 4 heteroatoms. The Kier molecular flexibility index (Phi) is 3.49. The van der Waals surface area contributed by atoms with Crippen molar-refractivity contribution < 1.29 is 9.53 Å². The predicted molar refractivity (Wildman–Crippen MR) is 45.2 cm³/mol. The summed E-state index contributed by atoms with van der Waals surface area (Å²) in [6.45, 7) is 3.07. The standard InChI is InChI=1S/C8H16N2O2/c1-3-7-9-10(7)6-4-5-8(11)12-2/h7,9H,3-6H2,1-2H3. The number of esters is 1. The van der Waals surface area contributed by atoms with Crippen LogP contribution in [0.25, 0.3) is 0 Å². The van der Waals surface area contributed by atoms with Crippen LogP contribution in [-0.4, -0.2) is 30.8 Å². The Morgan fingerprint density at radius 1 is 1.67 bits per heavy atom. The summed E-state index contributed by atoms with van der Waals surface area (Å²) in [6, 6.07) is 0. The summed E-state index contributed by atoms with van der Waals surface area (Å²) < 4.78 is 4.53. The number of hydrogen-bond acceptors (Lipinski definition) is 4. The molecule has 2 atom stereocenters. The van der Waals surface area contributed by atoms with Gasteiger partial charge in [-0.25, -0.2) is 10.4 Å². The van der Waals surface area contributed by atoms with Crippen molar-refractivity contribution in [2.45, 2.75) is 32.4 Å². The zero-order valence-corrected chi connectivity index (χ0v) is 7.67. The van der Waals surface area contributed by atoms with Gasteiger partial charge in [0.1, 0.15) is 0 Å². The minimum absolute atomic E-state index is 0.120. The maximum absolute atomic E-state index is 10.7. The highest BCUT2D eigenvalue weighted by molar-refractivity contribution is 5.69. The molecule has 12 heavy (non-hydrogen) atoms. The molecule has 0 amide bonds. The molecule has 1 rings (SSSR count). The van der Waals surface area contributed by atoms with Crippen molar-refractivity contribution in [3.05, 3.63) is 0 Å². The molecule has 4 nitrogen and oxygen atoms in total. The Labute approximate surface area is 72.8 Å². The lowest BCUT2D eigenvalue weighted by molar-refractivity contribution is -0.140. The molecule has 0 aromatic carbocycles. The number of rotatable bonds is 5. The zero-order valence-electron chi connectivity index (χ0n) is 7.67. The van der Waals surface area contributed by atoms with Crippen LogP contribution in [0.2, 0.25) is 0 Å². The quantitative estimate of drug-likeness (QED) is 0.484. The van der Waals surface area contributed by atoms with E-state index in [1.54, 1.807) is 0 Å². The van der Waals surface area contributed by atoms with Crippen LogP contribution in [0, 0.1) is 0 Å². The van der Waals surface area contributed by atoms with Crippen molar-refractivity contribution in [2.75, 3.05) is 13.7 Å². The number of nitrogens with one attached hydrogen (secondary N) is 1. The van der Waals surface area contributed by atoms with Gasteiger partial charge in [-0.3, -0.25) is 4.79 Å². The van der Waals surface area contributed by atoms with Gasteiger partial charge < -0.3 is 4.74 Å². The number of methoxy groups -OCH3 is 1. The molecule has 0 bridgehead atoms. The van der Waals surface area contributed by atoms with Gasteiger partial charge >= 0.3 is 5.97 Å². The highest BCUT2D eigenvalue weighted by atomic mass is 16.5. The van der Waals surface area contributed by atoms with E-state index in [0.717, 1.165) is 19.4 Å². The Bertz CT molecular complexity index is 161. The Morgan fingerprint density at radius 3 is 2.92 bits per heavy atom. The van der Waals surface area contributed by atoms with Crippen molar-refractivity contribution in [3.8, 4) is 0 Å². The van der Waals surface area contributed by atoms with Crippen molar-refractivity contribution in [1.82, 2.24) is 10.4 Å². The molecule has 1 N–H and O–H groups in total. The molecule has 1 saturated heterocycles. The van der Waals surface area contributed by atoms with Gasteiger partial charge in [-0.2, -0.15) is 0 Å². The summed E-state index contributed by atoms with van der Waals surface area (Å²) in [6.07, 6.45) is 3.06. The first-order chi connectivity index (χ1) is 5.77. The molecule has 0 spiro atoms. The lowest BCUT2D eigenvalue weighted by Crippen LogP contribution is -2.08. The molecule has 0 aromatic rings. The number of ether oxygens (including phenoxy) is 1. The molecule has 0 saturated carbocycles. The van der Waals surface area contributed by atoms with Crippen molar-refractivity contribution in [1.29, 1.82) is 0 Å². The van der Waals surface area contributed by atoms with E-state index < -0.39 is 0 Å². The molecule has 0 radical (unpaired) electrons. The van der Waals surface area contributed by atoms with Crippen LogP contribution in [0.5, 0.6) is 0 Å². The van der Waals surface area contributed by atoms with Gasteiger partial charge in [0.15, 0.2) is 0 Å². The van der Waals surface area contributed by atoms with Gasteiger partial charge in [-0.1, -0.05) is 6.92 Å². The third-order valence-corrected chi connectivity index (χ3v) is 2.02. The van der Waals surface area contributed by atoms with Crippen LogP contribution in [0.4, 0.5) is 0 Å². The minimum Gasteiger partial charge on any atom is -0.469 e. The SMILES string of the molecule is CCC1NN1CCCC(=O)OC. The fraction of sp³-hybridized carbons (Fsp3) is 0.875. The van der Waals surface area contributed by atoms with E-state index in [0.29, 0.717) is 12.6 Å². The predicted octanol–water partition coefficient (Wildman–Crippen LogP) is 0.496. The number of hydrogen-bond donors (Lipinski definition) is 1. The highest BCUT2D eigenvalue weighted by Crippen LogP contribution is 2.12. The molecule has 0 aromatic heterocycles. The maximum atomic E-state index is 10.7.